The second kappa shape index (κ2) is 4.95. The van der Waals surface area contributed by atoms with Crippen molar-refractivity contribution in [3.8, 4) is 0 Å². The van der Waals surface area contributed by atoms with E-state index in [1.54, 1.807) is 0 Å². The van der Waals surface area contributed by atoms with E-state index in [4.69, 9.17) is 4.74 Å². The lowest BCUT2D eigenvalue weighted by atomic mass is 9.47. The van der Waals surface area contributed by atoms with Crippen LogP contribution in [-0.2, 0) is 14.3 Å². The summed E-state index contributed by atoms with van der Waals surface area (Å²) in [7, 11) is 0. The zero-order valence-electron chi connectivity index (χ0n) is 13.0. The van der Waals surface area contributed by atoms with Crippen molar-refractivity contribution in [2.75, 3.05) is 6.61 Å². The molecule has 122 valence electrons. The molecular formula is C17H25NO4. The molecule has 0 aliphatic heterocycles. The van der Waals surface area contributed by atoms with Gasteiger partial charge in [-0.05, 0) is 68.6 Å². The lowest BCUT2D eigenvalue weighted by Gasteiger charge is -2.60. The molecule has 5 saturated carbocycles. The largest absolute Gasteiger partial charge is 0.456 e. The number of hydrogen-bond donors (Lipinski definition) is 2. The lowest BCUT2D eigenvalue weighted by molar-refractivity contribution is -0.177. The van der Waals surface area contributed by atoms with Crippen LogP contribution in [-0.4, -0.2) is 35.2 Å². The summed E-state index contributed by atoms with van der Waals surface area (Å²) < 4.78 is 5.17. The molecule has 0 aromatic carbocycles. The average molecular weight is 307 g/mol. The fraction of sp³-hybridized carbons (Fsp3) is 0.882. The predicted molar refractivity (Wildman–Crippen MR) is 78.8 cm³/mol. The number of carbonyl (C=O) groups is 2. The monoisotopic (exact) mass is 307 g/mol. The fourth-order valence-corrected chi connectivity index (χ4v) is 5.61. The quantitative estimate of drug-likeness (QED) is 0.755. The van der Waals surface area contributed by atoms with Gasteiger partial charge in [-0.1, -0.05) is 0 Å². The third-order valence-electron chi connectivity index (χ3n) is 5.98. The molecule has 5 aliphatic rings. The minimum atomic E-state index is -0.548. The number of ether oxygens (including phenoxy) is 1. The molecule has 0 saturated heterocycles. The number of nitrogens with one attached hydrogen (secondary N) is 1. The first kappa shape index (κ1) is 14.5. The summed E-state index contributed by atoms with van der Waals surface area (Å²) in [6.45, 7) is -0.164. The Bertz CT molecular complexity index is 485. The molecule has 22 heavy (non-hydrogen) atoms. The van der Waals surface area contributed by atoms with Gasteiger partial charge in [-0.15, -0.1) is 0 Å². The Kier molecular flexibility index (Phi) is 3.26. The number of hydrogen-bond acceptors (Lipinski definition) is 4. The molecule has 0 aromatic rings. The van der Waals surface area contributed by atoms with E-state index in [2.05, 4.69) is 5.32 Å². The molecule has 0 aromatic heterocycles. The zero-order valence-corrected chi connectivity index (χ0v) is 13.0. The number of aliphatic hydroxyl groups is 1. The molecule has 5 heteroatoms. The molecular weight excluding hydrogens is 282 g/mol. The van der Waals surface area contributed by atoms with Gasteiger partial charge in [0.1, 0.15) is 0 Å². The standard InChI is InChI=1S/C17H25NO4/c19-14(18-13-1-2-13)9-22-15(20)8-16-4-11-3-12(5-16)7-17(21,6-11)10-16/h11-13,21H,1-10H2,(H,18,19)/t11-,12+,16?,17?. The maximum absolute atomic E-state index is 12.2. The van der Waals surface area contributed by atoms with Gasteiger partial charge in [0, 0.05) is 6.04 Å². The van der Waals surface area contributed by atoms with Gasteiger partial charge in [-0.3, -0.25) is 9.59 Å². The highest BCUT2D eigenvalue weighted by Gasteiger charge is 2.57. The molecule has 0 heterocycles. The van der Waals surface area contributed by atoms with Gasteiger partial charge in [-0.2, -0.15) is 0 Å². The normalized spacial score (nSPS) is 42.2. The van der Waals surface area contributed by atoms with Crippen molar-refractivity contribution in [3.05, 3.63) is 0 Å². The van der Waals surface area contributed by atoms with Crippen molar-refractivity contribution in [2.24, 2.45) is 17.3 Å². The third-order valence-corrected chi connectivity index (χ3v) is 5.98. The molecule has 5 nitrogen and oxygen atoms in total. The van der Waals surface area contributed by atoms with Gasteiger partial charge in [0.15, 0.2) is 6.61 Å². The Labute approximate surface area is 130 Å². The first-order valence-corrected chi connectivity index (χ1v) is 8.61. The highest BCUT2D eigenvalue weighted by molar-refractivity contribution is 5.81. The SMILES string of the molecule is O=C(COC(=O)CC12C[C@@H]3C[C@@H](CC(O)(C3)C1)C2)NC1CC1. The summed E-state index contributed by atoms with van der Waals surface area (Å²) in [4.78, 5) is 23.7. The Morgan fingerprint density at radius 2 is 1.82 bits per heavy atom. The van der Waals surface area contributed by atoms with Crippen molar-refractivity contribution in [2.45, 2.75) is 69.4 Å². The fourth-order valence-electron chi connectivity index (χ4n) is 5.61. The molecule has 4 atom stereocenters. The van der Waals surface area contributed by atoms with Gasteiger partial charge in [-0.25, -0.2) is 0 Å². The maximum Gasteiger partial charge on any atom is 0.306 e. The van der Waals surface area contributed by atoms with E-state index in [9.17, 15) is 14.7 Å². The average Bonchev–Trinajstić information content (AvgIpc) is 3.16. The summed E-state index contributed by atoms with van der Waals surface area (Å²) in [5.74, 6) is 0.658. The van der Waals surface area contributed by atoms with E-state index in [1.807, 2.05) is 0 Å². The minimum Gasteiger partial charge on any atom is -0.456 e. The number of carbonyl (C=O) groups excluding carboxylic acids is 2. The molecule has 5 aliphatic carbocycles. The van der Waals surface area contributed by atoms with E-state index >= 15 is 0 Å². The lowest BCUT2D eigenvalue weighted by Crippen LogP contribution is -2.56. The van der Waals surface area contributed by atoms with Crippen molar-refractivity contribution in [3.63, 3.8) is 0 Å². The van der Waals surface area contributed by atoms with E-state index in [-0.39, 0.29) is 23.9 Å². The van der Waals surface area contributed by atoms with E-state index < -0.39 is 5.60 Å². The van der Waals surface area contributed by atoms with E-state index in [0.29, 0.717) is 24.3 Å². The molecule has 2 unspecified atom stereocenters. The molecule has 4 bridgehead atoms. The topological polar surface area (TPSA) is 75.6 Å². The number of rotatable bonds is 5. The number of amides is 1. The summed E-state index contributed by atoms with van der Waals surface area (Å²) >= 11 is 0. The van der Waals surface area contributed by atoms with Crippen molar-refractivity contribution >= 4 is 11.9 Å². The summed E-state index contributed by atoms with van der Waals surface area (Å²) in [6, 6.07) is 0.295. The van der Waals surface area contributed by atoms with Crippen LogP contribution < -0.4 is 5.32 Å². The molecule has 1 amide bonds. The zero-order chi connectivity index (χ0) is 15.4. The first-order chi connectivity index (χ1) is 10.4. The molecule has 0 radical (unpaired) electrons. The second-order valence-electron chi connectivity index (χ2n) is 8.36. The van der Waals surface area contributed by atoms with Crippen molar-refractivity contribution in [1.82, 2.24) is 5.32 Å². The van der Waals surface area contributed by atoms with Crippen LogP contribution in [0.3, 0.4) is 0 Å². The highest BCUT2D eigenvalue weighted by atomic mass is 16.5. The van der Waals surface area contributed by atoms with Crippen LogP contribution in [0.25, 0.3) is 0 Å². The molecule has 5 fully saturated rings. The Morgan fingerprint density at radius 3 is 2.41 bits per heavy atom. The smallest absolute Gasteiger partial charge is 0.306 e. The van der Waals surface area contributed by atoms with E-state index in [0.717, 1.165) is 44.9 Å². The van der Waals surface area contributed by atoms with Crippen molar-refractivity contribution in [1.29, 1.82) is 0 Å². The summed E-state index contributed by atoms with van der Waals surface area (Å²) in [5.41, 5.74) is -0.628. The van der Waals surface area contributed by atoms with Crippen LogP contribution in [0.1, 0.15) is 57.8 Å². The first-order valence-electron chi connectivity index (χ1n) is 8.61. The van der Waals surface area contributed by atoms with Crippen molar-refractivity contribution < 1.29 is 19.4 Å². The van der Waals surface area contributed by atoms with Crippen LogP contribution in [0.15, 0.2) is 0 Å². The Hall–Kier alpha value is -1.10. The molecule has 5 rings (SSSR count). The van der Waals surface area contributed by atoms with Gasteiger partial charge in [0.05, 0.1) is 12.0 Å². The predicted octanol–water partition coefficient (Wildman–Crippen LogP) is 1.53. The summed E-state index contributed by atoms with van der Waals surface area (Å²) in [5, 5.41) is 13.5. The second-order valence-corrected chi connectivity index (χ2v) is 8.36. The van der Waals surface area contributed by atoms with Gasteiger partial charge in [0.2, 0.25) is 0 Å². The van der Waals surface area contributed by atoms with Gasteiger partial charge in [0.25, 0.3) is 5.91 Å². The van der Waals surface area contributed by atoms with Crippen LogP contribution in [0.4, 0.5) is 0 Å². The van der Waals surface area contributed by atoms with Gasteiger partial charge < -0.3 is 15.2 Å². The summed E-state index contributed by atoms with van der Waals surface area (Å²) in [6.07, 6.45) is 8.26. The third kappa shape index (κ3) is 2.87. The molecule has 0 spiro atoms. The van der Waals surface area contributed by atoms with Crippen LogP contribution in [0.2, 0.25) is 0 Å². The Morgan fingerprint density at radius 1 is 1.14 bits per heavy atom. The highest BCUT2D eigenvalue weighted by Crippen LogP contribution is 2.62. The minimum absolute atomic E-state index is 0.0805. The maximum atomic E-state index is 12.2. The molecule has 2 N–H and O–H groups in total. The van der Waals surface area contributed by atoms with Crippen LogP contribution >= 0.6 is 0 Å². The Balaban J connectivity index is 1.32. The number of esters is 1. The van der Waals surface area contributed by atoms with E-state index in [1.165, 1.54) is 6.42 Å². The van der Waals surface area contributed by atoms with Gasteiger partial charge >= 0.3 is 5.97 Å². The van der Waals surface area contributed by atoms with Crippen LogP contribution in [0.5, 0.6) is 0 Å². The van der Waals surface area contributed by atoms with Crippen LogP contribution in [0, 0.1) is 17.3 Å².